The number of benzene rings is 1. The lowest BCUT2D eigenvalue weighted by molar-refractivity contribution is -0.121. The number of carbonyl (C=O) groups is 2. The summed E-state index contributed by atoms with van der Waals surface area (Å²) in [5, 5.41) is 2.79. The van der Waals surface area contributed by atoms with E-state index >= 15 is 0 Å². The smallest absolute Gasteiger partial charge is 0.264 e. The lowest BCUT2D eigenvalue weighted by Crippen LogP contribution is -2.35. The van der Waals surface area contributed by atoms with Gasteiger partial charge in [-0.2, -0.15) is 0 Å². The van der Waals surface area contributed by atoms with E-state index in [4.69, 9.17) is 10.5 Å². The van der Waals surface area contributed by atoms with Crippen LogP contribution < -0.4 is 20.7 Å². The lowest BCUT2D eigenvalue weighted by Gasteiger charge is -2.26. The van der Waals surface area contributed by atoms with Gasteiger partial charge in [0.15, 0.2) is 6.61 Å². The standard InChI is InChI=1S/C14H19N3O3.ClH/c1-9(15)3-6-13(18)16-10-4-5-12-11(7-10)17(2)14(19)8-20-12;/h4-5,7,9H,3,6,8,15H2,1-2H3,(H,16,18);1H. The molecule has 2 rings (SSSR count). The summed E-state index contributed by atoms with van der Waals surface area (Å²) in [7, 11) is 1.69. The molecule has 21 heavy (non-hydrogen) atoms. The second-order valence-electron chi connectivity index (χ2n) is 4.99. The van der Waals surface area contributed by atoms with Crippen molar-refractivity contribution < 1.29 is 14.3 Å². The summed E-state index contributed by atoms with van der Waals surface area (Å²) in [6.45, 7) is 1.91. The second-order valence-corrected chi connectivity index (χ2v) is 4.99. The zero-order valence-corrected chi connectivity index (χ0v) is 12.9. The number of anilines is 2. The van der Waals surface area contributed by atoms with Crippen molar-refractivity contribution in [3.63, 3.8) is 0 Å². The lowest BCUT2D eigenvalue weighted by atomic mass is 10.2. The highest BCUT2D eigenvalue weighted by atomic mass is 35.5. The SMILES string of the molecule is CC(N)CCC(=O)Nc1ccc2c(c1)N(C)C(=O)CO2.Cl. The van der Waals surface area contributed by atoms with Gasteiger partial charge in [-0.25, -0.2) is 0 Å². The normalized spacial score (nSPS) is 14.6. The van der Waals surface area contributed by atoms with E-state index in [-0.39, 0.29) is 36.9 Å². The van der Waals surface area contributed by atoms with Gasteiger partial charge in [0.05, 0.1) is 5.69 Å². The maximum absolute atomic E-state index is 11.8. The number of nitrogens with one attached hydrogen (secondary N) is 1. The van der Waals surface area contributed by atoms with E-state index in [9.17, 15) is 9.59 Å². The summed E-state index contributed by atoms with van der Waals surface area (Å²) in [5.74, 6) is 0.437. The second kappa shape index (κ2) is 7.28. The maximum atomic E-state index is 11.8. The molecule has 3 N–H and O–H groups in total. The van der Waals surface area contributed by atoms with Gasteiger partial charge in [0.2, 0.25) is 5.91 Å². The zero-order valence-electron chi connectivity index (χ0n) is 12.1. The Labute approximate surface area is 130 Å². The van der Waals surface area contributed by atoms with Gasteiger partial charge < -0.3 is 20.7 Å². The first-order valence-electron chi connectivity index (χ1n) is 6.56. The number of likely N-dealkylation sites (N-methyl/N-ethyl adjacent to an activating group) is 1. The third kappa shape index (κ3) is 4.34. The Morgan fingerprint density at radius 2 is 2.24 bits per heavy atom. The van der Waals surface area contributed by atoms with Crippen LogP contribution in [0.3, 0.4) is 0 Å². The summed E-state index contributed by atoms with van der Waals surface area (Å²) in [6, 6.07) is 5.24. The van der Waals surface area contributed by atoms with E-state index in [1.165, 1.54) is 4.90 Å². The van der Waals surface area contributed by atoms with Gasteiger partial charge in [0, 0.05) is 25.2 Å². The fourth-order valence-electron chi connectivity index (χ4n) is 1.93. The van der Waals surface area contributed by atoms with Gasteiger partial charge in [-0.15, -0.1) is 12.4 Å². The first-order chi connectivity index (χ1) is 9.47. The highest BCUT2D eigenvalue weighted by molar-refractivity contribution is 5.99. The molecule has 0 aliphatic carbocycles. The van der Waals surface area contributed by atoms with Crippen LogP contribution in [0.5, 0.6) is 5.75 Å². The Bertz CT molecular complexity index is 534. The van der Waals surface area contributed by atoms with Gasteiger partial charge in [0.25, 0.3) is 5.91 Å². The van der Waals surface area contributed by atoms with Crippen molar-refractivity contribution >= 4 is 35.6 Å². The molecule has 0 radical (unpaired) electrons. The molecular weight excluding hydrogens is 294 g/mol. The molecule has 0 bridgehead atoms. The summed E-state index contributed by atoms with van der Waals surface area (Å²) in [5.41, 5.74) is 6.92. The minimum Gasteiger partial charge on any atom is -0.482 e. The number of carbonyl (C=O) groups excluding carboxylic acids is 2. The van der Waals surface area contributed by atoms with E-state index in [1.807, 2.05) is 6.92 Å². The van der Waals surface area contributed by atoms with Gasteiger partial charge >= 0.3 is 0 Å². The number of hydrogen-bond donors (Lipinski definition) is 2. The number of ether oxygens (including phenoxy) is 1. The predicted molar refractivity (Wildman–Crippen MR) is 84.1 cm³/mol. The molecule has 1 aliphatic heterocycles. The molecule has 116 valence electrons. The molecule has 7 heteroatoms. The van der Waals surface area contributed by atoms with E-state index in [0.29, 0.717) is 30.0 Å². The molecule has 1 aliphatic rings. The van der Waals surface area contributed by atoms with Crippen molar-refractivity contribution in [1.82, 2.24) is 0 Å². The molecule has 1 aromatic carbocycles. The van der Waals surface area contributed by atoms with Crippen LogP contribution in [0.4, 0.5) is 11.4 Å². The molecule has 1 heterocycles. The molecular formula is C14H20ClN3O3. The molecule has 0 fully saturated rings. The van der Waals surface area contributed by atoms with Gasteiger partial charge in [-0.1, -0.05) is 0 Å². The minimum absolute atomic E-state index is 0. The largest absolute Gasteiger partial charge is 0.482 e. The summed E-state index contributed by atoms with van der Waals surface area (Å²) in [4.78, 5) is 24.8. The molecule has 0 spiro atoms. The first kappa shape index (κ1) is 17.3. The quantitative estimate of drug-likeness (QED) is 0.883. The van der Waals surface area contributed by atoms with Crippen molar-refractivity contribution in [3.8, 4) is 5.75 Å². The number of rotatable bonds is 4. The van der Waals surface area contributed by atoms with Crippen molar-refractivity contribution in [3.05, 3.63) is 18.2 Å². The number of fused-ring (bicyclic) bond motifs is 1. The molecule has 0 saturated carbocycles. The minimum atomic E-state index is -0.113. The Balaban J connectivity index is 0.00000220. The fraction of sp³-hybridized carbons (Fsp3) is 0.429. The monoisotopic (exact) mass is 313 g/mol. The number of nitrogens with two attached hydrogens (primary N) is 1. The Morgan fingerprint density at radius 1 is 1.52 bits per heavy atom. The van der Waals surface area contributed by atoms with Crippen molar-refractivity contribution in [2.45, 2.75) is 25.8 Å². The summed E-state index contributed by atoms with van der Waals surface area (Å²) >= 11 is 0. The highest BCUT2D eigenvalue weighted by Gasteiger charge is 2.22. The van der Waals surface area contributed by atoms with E-state index in [0.717, 1.165) is 0 Å². The highest BCUT2D eigenvalue weighted by Crippen LogP contribution is 2.33. The Kier molecular flexibility index (Phi) is 5.99. The zero-order chi connectivity index (χ0) is 14.7. The van der Waals surface area contributed by atoms with Gasteiger partial charge in [-0.05, 0) is 31.5 Å². The van der Waals surface area contributed by atoms with Gasteiger partial charge in [-0.3, -0.25) is 9.59 Å². The first-order valence-corrected chi connectivity index (χ1v) is 6.56. The third-order valence-electron chi connectivity index (χ3n) is 3.16. The summed E-state index contributed by atoms with van der Waals surface area (Å²) in [6.07, 6.45) is 1.01. The Morgan fingerprint density at radius 3 is 2.90 bits per heavy atom. The molecule has 1 unspecified atom stereocenters. The van der Waals surface area contributed by atoms with Crippen molar-refractivity contribution in [2.75, 3.05) is 23.9 Å². The van der Waals surface area contributed by atoms with Crippen LogP contribution in [-0.2, 0) is 9.59 Å². The molecule has 0 aromatic heterocycles. The van der Waals surface area contributed by atoms with Crippen LogP contribution in [-0.4, -0.2) is 31.5 Å². The van der Waals surface area contributed by atoms with E-state index in [1.54, 1.807) is 25.2 Å². The van der Waals surface area contributed by atoms with E-state index < -0.39 is 0 Å². The average molecular weight is 314 g/mol. The van der Waals surface area contributed by atoms with Crippen LogP contribution in [0.1, 0.15) is 19.8 Å². The van der Waals surface area contributed by atoms with Crippen molar-refractivity contribution in [2.24, 2.45) is 5.73 Å². The number of hydrogen-bond acceptors (Lipinski definition) is 4. The Hall–Kier alpha value is -1.79. The number of halogens is 1. The number of nitrogens with zero attached hydrogens (tertiary/aromatic N) is 1. The van der Waals surface area contributed by atoms with E-state index in [2.05, 4.69) is 5.32 Å². The topological polar surface area (TPSA) is 84.7 Å². The fourth-order valence-corrected chi connectivity index (χ4v) is 1.93. The molecule has 6 nitrogen and oxygen atoms in total. The molecule has 1 aromatic rings. The van der Waals surface area contributed by atoms with Crippen molar-refractivity contribution in [1.29, 1.82) is 0 Å². The molecule has 2 amide bonds. The third-order valence-corrected chi connectivity index (χ3v) is 3.16. The van der Waals surface area contributed by atoms with Crippen LogP contribution in [0.25, 0.3) is 0 Å². The summed E-state index contributed by atoms with van der Waals surface area (Å²) < 4.78 is 5.32. The number of amides is 2. The predicted octanol–water partition coefficient (Wildman–Crippen LogP) is 1.53. The van der Waals surface area contributed by atoms with Crippen LogP contribution in [0.2, 0.25) is 0 Å². The van der Waals surface area contributed by atoms with Gasteiger partial charge in [0.1, 0.15) is 5.75 Å². The van der Waals surface area contributed by atoms with Crippen LogP contribution >= 0.6 is 12.4 Å². The van der Waals surface area contributed by atoms with Crippen LogP contribution in [0.15, 0.2) is 18.2 Å². The molecule has 1 atom stereocenters. The van der Waals surface area contributed by atoms with Crippen LogP contribution in [0, 0.1) is 0 Å². The average Bonchev–Trinajstić information content (AvgIpc) is 2.41. The maximum Gasteiger partial charge on any atom is 0.264 e. The molecule has 0 saturated heterocycles.